The first-order valence-corrected chi connectivity index (χ1v) is 8.49. The summed E-state index contributed by atoms with van der Waals surface area (Å²) in [5.41, 5.74) is 2.07. The van der Waals surface area contributed by atoms with E-state index in [1.54, 1.807) is 6.92 Å². The molecule has 0 saturated carbocycles. The second-order valence-electron chi connectivity index (χ2n) is 6.34. The van der Waals surface area contributed by atoms with Crippen molar-refractivity contribution in [3.8, 4) is 0 Å². The predicted octanol–water partition coefficient (Wildman–Crippen LogP) is 1.84. The number of fused-ring (bicyclic) bond motifs is 1. The van der Waals surface area contributed by atoms with Gasteiger partial charge in [-0.1, -0.05) is 6.92 Å². The predicted molar refractivity (Wildman–Crippen MR) is 85.4 cm³/mol. The minimum absolute atomic E-state index is 0.00172. The molecule has 1 aromatic heterocycles. The van der Waals surface area contributed by atoms with E-state index in [1.165, 1.54) is 0 Å². The van der Waals surface area contributed by atoms with Gasteiger partial charge in [0.25, 0.3) is 0 Å². The van der Waals surface area contributed by atoms with Gasteiger partial charge in [-0.05, 0) is 19.3 Å². The second kappa shape index (κ2) is 6.64. The van der Waals surface area contributed by atoms with Crippen LogP contribution in [0.4, 0.5) is 0 Å². The largest absolute Gasteiger partial charge is 0.338 e. The van der Waals surface area contributed by atoms with Crippen LogP contribution in [0.25, 0.3) is 0 Å². The fraction of sp³-hybridized carbons (Fsp3) is 0.647. The van der Waals surface area contributed by atoms with Crippen molar-refractivity contribution >= 4 is 11.8 Å². The van der Waals surface area contributed by atoms with Crippen LogP contribution in [0, 0.1) is 0 Å². The van der Waals surface area contributed by atoms with E-state index in [9.17, 15) is 9.59 Å². The van der Waals surface area contributed by atoms with Crippen LogP contribution in [-0.2, 0) is 22.6 Å². The van der Waals surface area contributed by atoms with Gasteiger partial charge < -0.3 is 9.80 Å². The van der Waals surface area contributed by atoms with E-state index >= 15 is 0 Å². The molecule has 0 aliphatic carbocycles. The molecule has 6 nitrogen and oxygen atoms in total. The van der Waals surface area contributed by atoms with Gasteiger partial charge in [0.15, 0.2) is 5.82 Å². The lowest BCUT2D eigenvalue weighted by Crippen LogP contribution is -2.39. The van der Waals surface area contributed by atoms with E-state index in [-0.39, 0.29) is 17.9 Å². The van der Waals surface area contributed by atoms with E-state index in [4.69, 9.17) is 4.98 Å². The lowest BCUT2D eigenvalue weighted by atomic mass is 10.0. The molecule has 6 heteroatoms. The maximum Gasteiger partial charge on any atom is 0.222 e. The summed E-state index contributed by atoms with van der Waals surface area (Å²) in [6, 6.07) is 0.00172. The molecule has 23 heavy (non-hydrogen) atoms. The average Bonchev–Trinajstić information content (AvgIpc) is 2.60. The number of amides is 2. The zero-order valence-electron chi connectivity index (χ0n) is 13.9. The van der Waals surface area contributed by atoms with Crippen molar-refractivity contribution in [3.63, 3.8) is 0 Å². The van der Waals surface area contributed by atoms with E-state index in [0.29, 0.717) is 13.0 Å². The highest BCUT2D eigenvalue weighted by atomic mass is 16.2. The molecular formula is C17H24N4O2. The zero-order chi connectivity index (χ0) is 16.4. The first kappa shape index (κ1) is 15.9. The molecule has 0 radical (unpaired) electrons. The van der Waals surface area contributed by atoms with Crippen LogP contribution in [0.3, 0.4) is 0 Å². The number of nitrogens with zero attached hydrogens (tertiary/aromatic N) is 4. The van der Waals surface area contributed by atoms with Crippen molar-refractivity contribution in [3.05, 3.63) is 23.3 Å². The van der Waals surface area contributed by atoms with Gasteiger partial charge in [-0.3, -0.25) is 9.59 Å². The smallest absolute Gasteiger partial charge is 0.222 e. The van der Waals surface area contributed by atoms with Gasteiger partial charge >= 0.3 is 0 Å². The molecule has 2 aliphatic heterocycles. The first-order valence-electron chi connectivity index (χ1n) is 8.49. The number of hydrogen-bond donors (Lipinski definition) is 0. The first-order chi connectivity index (χ1) is 11.1. The summed E-state index contributed by atoms with van der Waals surface area (Å²) in [5, 5.41) is 0. The Morgan fingerprint density at radius 1 is 1.30 bits per heavy atom. The minimum Gasteiger partial charge on any atom is -0.338 e. The highest BCUT2D eigenvalue weighted by Crippen LogP contribution is 2.29. The van der Waals surface area contributed by atoms with Gasteiger partial charge in [-0.2, -0.15) is 0 Å². The standard InChI is InChI=1S/C17H24N4O2/c1-3-16(23)20-9-7-14-13(11-20)10-18-17(19-14)15-6-4-5-8-21(15)12(2)22/h10,15H,3-9,11H2,1-2H3/t15-/m0/s1. The lowest BCUT2D eigenvalue weighted by molar-refractivity contribution is -0.133. The highest BCUT2D eigenvalue weighted by molar-refractivity contribution is 5.76. The topological polar surface area (TPSA) is 66.4 Å². The molecule has 0 N–H and O–H groups in total. The van der Waals surface area contributed by atoms with Crippen LogP contribution in [0.5, 0.6) is 0 Å². The quantitative estimate of drug-likeness (QED) is 0.835. The van der Waals surface area contributed by atoms with Crippen LogP contribution >= 0.6 is 0 Å². The molecule has 1 fully saturated rings. The molecule has 1 atom stereocenters. The van der Waals surface area contributed by atoms with E-state index in [2.05, 4.69) is 4.98 Å². The van der Waals surface area contributed by atoms with Crippen molar-refractivity contribution in [2.45, 2.75) is 58.5 Å². The number of rotatable bonds is 2. The van der Waals surface area contributed by atoms with Gasteiger partial charge in [0.1, 0.15) is 0 Å². The summed E-state index contributed by atoms with van der Waals surface area (Å²) in [6.45, 7) is 5.61. The molecular weight excluding hydrogens is 292 g/mol. The molecule has 3 heterocycles. The number of piperidine rings is 1. The molecule has 124 valence electrons. The van der Waals surface area contributed by atoms with E-state index < -0.39 is 0 Å². The third-order valence-corrected chi connectivity index (χ3v) is 4.81. The Bertz CT molecular complexity index is 617. The monoisotopic (exact) mass is 316 g/mol. The summed E-state index contributed by atoms with van der Waals surface area (Å²) in [4.78, 5) is 36.7. The number of aromatic nitrogens is 2. The van der Waals surface area contributed by atoms with Crippen molar-refractivity contribution in [1.29, 1.82) is 0 Å². The fourth-order valence-electron chi connectivity index (χ4n) is 3.51. The molecule has 3 rings (SSSR count). The van der Waals surface area contributed by atoms with Gasteiger partial charge in [0.05, 0.1) is 11.7 Å². The Hall–Kier alpha value is -1.98. The number of carbonyl (C=O) groups excluding carboxylic acids is 2. The third-order valence-electron chi connectivity index (χ3n) is 4.81. The van der Waals surface area contributed by atoms with E-state index in [1.807, 2.05) is 22.9 Å². The van der Waals surface area contributed by atoms with Crippen LogP contribution in [0.15, 0.2) is 6.20 Å². The van der Waals surface area contributed by atoms with Crippen molar-refractivity contribution in [2.24, 2.45) is 0 Å². The minimum atomic E-state index is 0.00172. The summed E-state index contributed by atoms with van der Waals surface area (Å²) in [7, 11) is 0. The highest BCUT2D eigenvalue weighted by Gasteiger charge is 2.29. The third kappa shape index (κ3) is 3.21. The normalized spacial score (nSPS) is 21.0. The summed E-state index contributed by atoms with van der Waals surface area (Å²) < 4.78 is 0. The van der Waals surface area contributed by atoms with Gasteiger partial charge in [-0.25, -0.2) is 9.97 Å². The Balaban J connectivity index is 1.81. The molecule has 0 unspecified atom stereocenters. The van der Waals surface area contributed by atoms with Crippen LogP contribution in [-0.4, -0.2) is 44.7 Å². The molecule has 2 amide bonds. The van der Waals surface area contributed by atoms with Crippen molar-refractivity contribution < 1.29 is 9.59 Å². The zero-order valence-corrected chi connectivity index (χ0v) is 13.9. The van der Waals surface area contributed by atoms with Gasteiger partial charge in [0, 0.05) is 51.2 Å². The van der Waals surface area contributed by atoms with Crippen LogP contribution in [0.1, 0.15) is 62.7 Å². The number of hydrogen-bond acceptors (Lipinski definition) is 4. The van der Waals surface area contributed by atoms with Crippen LogP contribution < -0.4 is 0 Å². The molecule has 1 aromatic rings. The number of likely N-dealkylation sites (tertiary alicyclic amines) is 1. The summed E-state index contributed by atoms with van der Waals surface area (Å²) in [6.07, 6.45) is 6.23. The SMILES string of the molecule is CCC(=O)N1CCc2nc([C@@H]3CCCCN3C(C)=O)ncc2C1. The summed E-state index contributed by atoms with van der Waals surface area (Å²) >= 11 is 0. The Morgan fingerprint density at radius 3 is 2.87 bits per heavy atom. The molecule has 0 spiro atoms. The van der Waals surface area contributed by atoms with Gasteiger partial charge in [0.2, 0.25) is 11.8 Å². The molecule has 0 aromatic carbocycles. The maximum absolute atomic E-state index is 11.8. The van der Waals surface area contributed by atoms with Gasteiger partial charge in [-0.15, -0.1) is 0 Å². The fourth-order valence-corrected chi connectivity index (χ4v) is 3.51. The lowest BCUT2D eigenvalue weighted by Gasteiger charge is -2.35. The van der Waals surface area contributed by atoms with Crippen molar-refractivity contribution in [2.75, 3.05) is 13.1 Å². The second-order valence-corrected chi connectivity index (χ2v) is 6.34. The molecule has 0 bridgehead atoms. The molecule has 2 aliphatic rings. The Kier molecular flexibility index (Phi) is 4.59. The van der Waals surface area contributed by atoms with Crippen LogP contribution in [0.2, 0.25) is 0 Å². The Morgan fingerprint density at radius 2 is 2.13 bits per heavy atom. The maximum atomic E-state index is 11.8. The Labute approximate surface area is 136 Å². The molecule has 1 saturated heterocycles. The summed E-state index contributed by atoms with van der Waals surface area (Å²) in [5.74, 6) is 1.03. The average molecular weight is 316 g/mol. The van der Waals surface area contributed by atoms with E-state index in [0.717, 1.165) is 55.9 Å². The van der Waals surface area contributed by atoms with Crippen molar-refractivity contribution in [1.82, 2.24) is 19.8 Å². The number of carbonyl (C=O) groups is 2.